The second-order valence-corrected chi connectivity index (χ2v) is 3.00. The van der Waals surface area contributed by atoms with E-state index >= 15 is 0 Å². The van der Waals surface area contributed by atoms with Gasteiger partial charge in [-0.15, -0.1) is 0 Å². The highest BCUT2D eigenvalue weighted by molar-refractivity contribution is 5.40. The topological polar surface area (TPSA) is 43.3 Å². The molecule has 2 N–H and O–H groups in total. The quantitative estimate of drug-likeness (QED) is 0.790. The van der Waals surface area contributed by atoms with Gasteiger partial charge in [0.1, 0.15) is 11.3 Å². The lowest BCUT2D eigenvalue weighted by molar-refractivity contribution is 0.00190. The van der Waals surface area contributed by atoms with E-state index in [0.29, 0.717) is 5.65 Å². The number of rotatable bonds is 2. The Hall–Kier alpha value is -1.49. The van der Waals surface area contributed by atoms with Crippen LogP contribution in [-0.4, -0.2) is 15.9 Å². The summed E-state index contributed by atoms with van der Waals surface area (Å²) in [4.78, 5) is 3.79. The number of halogens is 2. The first kappa shape index (κ1) is 9.08. The van der Waals surface area contributed by atoms with Gasteiger partial charge in [-0.25, -0.2) is 4.98 Å². The molecule has 14 heavy (non-hydrogen) atoms. The molecule has 0 amide bonds. The maximum atomic E-state index is 13.1. The van der Waals surface area contributed by atoms with Gasteiger partial charge in [0.2, 0.25) is 0 Å². The first-order chi connectivity index (χ1) is 6.63. The van der Waals surface area contributed by atoms with Crippen LogP contribution in [0.15, 0.2) is 30.6 Å². The van der Waals surface area contributed by atoms with Gasteiger partial charge in [-0.3, -0.25) is 0 Å². The summed E-state index contributed by atoms with van der Waals surface area (Å²) >= 11 is 0. The fraction of sp³-hybridized carbons (Fsp3) is 0.222. The van der Waals surface area contributed by atoms with E-state index in [1.165, 1.54) is 6.20 Å². The fourth-order valence-electron chi connectivity index (χ4n) is 1.22. The minimum Gasteiger partial charge on any atom is -0.325 e. The highest BCUT2D eigenvalue weighted by Gasteiger charge is 2.32. The van der Waals surface area contributed by atoms with Crippen LogP contribution in [0.1, 0.15) is 5.69 Å². The molecule has 0 radical (unpaired) electrons. The lowest BCUT2D eigenvalue weighted by Gasteiger charge is -2.08. The number of alkyl halides is 2. The van der Waals surface area contributed by atoms with Crippen molar-refractivity contribution in [2.75, 3.05) is 6.54 Å². The number of hydrogen-bond donors (Lipinski definition) is 1. The second kappa shape index (κ2) is 3.02. The lowest BCUT2D eigenvalue weighted by Crippen LogP contribution is -2.25. The third kappa shape index (κ3) is 1.35. The molecule has 2 aromatic heterocycles. The first-order valence-electron chi connectivity index (χ1n) is 4.15. The third-order valence-electron chi connectivity index (χ3n) is 2.00. The number of fused-ring (bicyclic) bond motifs is 1. The number of imidazole rings is 1. The van der Waals surface area contributed by atoms with Gasteiger partial charge in [0.05, 0.1) is 6.54 Å². The molecule has 0 saturated heterocycles. The van der Waals surface area contributed by atoms with Crippen LogP contribution in [0.5, 0.6) is 0 Å². The van der Waals surface area contributed by atoms with Gasteiger partial charge in [0.25, 0.3) is 0 Å². The van der Waals surface area contributed by atoms with Gasteiger partial charge in [-0.1, -0.05) is 6.07 Å². The molecular weight excluding hydrogens is 188 g/mol. The molecule has 0 aliphatic rings. The summed E-state index contributed by atoms with van der Waals surface area (Å²) in [5.41, 5.74) is 5.17. The van der Waals surface area contributed by atoms with Crippen LogP contribution in [0.4, 0.5) is 8.78 Å². The minimum atomic E-state index is -3.05. The largest absolute Gasteiger partial charge is 0.325 e. The Balaban J connectivity index is 2.55. The molecule has 2 aromatic rings. The Kier molecular flexibility index (Phi) is 1.96. The highest BCUT2D eigenvalue weighted by Crippen LogP contribution is 2.25. The van der Waals surface area contributed by atoms with Crippen molar-refractivity contribution < 1.29 is 8.78 Å². The van der Waals surface area contributed by atoms with Crippen molar-refractivity contribution in [3.05, 3.63) is 36.3 Å². The lowest BCUT2D eigenvalue weighted by atomic mass is 10.2. The van der Waals surface area contributed by atoms with Gasteiger partial charge in [-0.2, -0.15) is 8.78 Å². The summed E-state index contributed by atoms with van der Waals surface area (Å²) in [5.74, 6) is -3.05. The molecule has 0 spiro atoms. The van der Waals surface area contributed by atoms with E-state index in [1.807, 2.05) is 0 Å². The Morgan fingerprint density at radius 3 is 2.86 bits per heavy atom. The molecule has 0 aliphatic heterocycles. The monoisotopic (exact) mass is 197 g/mol. The highest BCUT2D eigenvalue weighted by atomic mass is 19.3. The molecule has 0 atom stereocenters. The van der Waals surface area contributed by atoms with Crippen molar-refractivity contribution >= 4 is 5.65 Å². The molecule has 0 bridgehead atoms. The molecule has 0 aliphatic carbocycles. The van der Waals surface area contributed by atoms with E-state index in [1.54, 1.807) is 28.8 Å². The summed E-state index contributed by atoms with van der Waals surface area (Å²) in [5, 5.41) is 0. The van der Waals surface area contributed by atoms with Crippen LogP contribution >= 0.6 is 0 Å². The zero-order valence-corrected chi connectivity index (χ0v) is 7.32. The molecular formula is C9H9F2N3. The summed E-state index contributed by atoms with van der Waals surface area (Å²) in [6.07, 6.45) is 2.96. The van der Waals surface area contributed by atoms with Crippen LogP contribution in [-0.2, 0) is 5.92 Å². The molecule has 2 rings (SSSR count). The predicted octanol–water partition coefficient (Wildman–Crippen LogP) is 1.38. The second-order valence-electron chi connectivity index (χ2n) is 3.00. The molecule has 0 saturated carbocycles. The maximum Gasteiger partial charge on any atom is 0.303 e. The standard InChI is InChI=1S/C9H9F2N3/c10-9(11,6-12)7-5-14-4-2-1-3-8(14)13-7/h1-5H,6,12H2. The normalized spacial score (nSPS) is 12.2. The van der Waals surface area contributed by atoms with Gasteiger partial charge < -0.3 is 10.1 Å². The van der Waals surface area contributed by atoms with Crippen LogP contribution in [0.25, 0.3) is 5.65 Å². The Bertz CT molecular complexity index is 417. The van der Waals surface area contributed by atoms with E-state index in [0.717, 1.165) is 0 Å². The smallest absolute Gasteiger partial charge is 0.303 e. The minimum absolute atomic E-state index is 0.286. The van der Waals surface area contributed by atoms with Crippen molar-refractivity contribution in [3.63, 3.8) is 0 Å². The molecule has 2 heterocycles. The van der Waals surface area contributed by atoms with Gasteiger partial charge in [0, 0.05) is 12.4 Å². The van der Waals surface area contributed by atoms with Crippen LogP contribution in [0.2, 0.25) is 0 Å². The van der Waals surface area contributed by atoms with E-state index in [4.69, 9.17) is 5.73 Å². The molecule has 0 fully saturated rings. The van der Waals surface area contributed by atoms with Crippen LogP contribution in [0, 0.1) is 0 Å². The summed E-state index contributed by atoms with van der Waals surface area (Å²) < 4.78 is 27.8. The molecule has 5 heteroatoms. The Morgan fingerprint density at radius 2 is 2.21 bits per heavy atom. The third-order valence-corrected chi connectivity index (χ3v) is 2.00. The zero-order chi connectivity index (χ0) is 10.2. The van der Waals surface area contributed by atoms with Crippen LogP contribution < -0.4 is 5.73 Å². The van der Waals surface area contributed by atoms with Crippen molar-refractivity contribution in [3.8, 4) is 0 Å². The number of nitrogens with zero attached hydrogens (tertiary/aromatic N) is 2. The molecule has 0 aromatic carbocycles. The van der Waals surface area contributed by atoms with E-state index in [-0.39, 0.29) is 5.69 Å². The van der Waals surface area contributed by atoms with Gasteiger partial charge >= 0.3 is 5.92 Å². The molecule has 74 valence electrons. The van der Waals surface area contributed by atoms with E-state index in [2.05, 4.69) is 4.98 Å². The summed E-state index contributed by atoms with van der Waals surface area (Å²) in [6.45, 7) is -0.725. The van der Waals surface area contributed by atoms with Gasteiger partial charge in [-0.05, 0) is 12.1 Å². The van der Waals surface area contributed by atoms with Crippen molar-refractivity contribution in [2.45, 2.75) is 5.92 Å². The summed E-state index contributed by atoms with van der Waals surface area (Å²) in [7, 11) is 0. The first-order valence-corrected chi connectivity index (χ1v) is 4.15. The Labute approximate surface area is 79.2 Å². The average Bonchev–Trinajstić information content (AvgIpc) is 2.61. The number of pyridine rings is 1. The number of aromatic nitrogens is 2. The number of nitrogens with two attached hydrogens (primary N) is 1. The average molecular weight is 197 g/mol. The Morgan fingerprint density at radius 1 is 1.43 bits per heavy atom. The van der Waals surface area contributed by atoms with Crippen molar-refractivity contribution in [1.82, 2.24) is 9.38 Å². The zero-order valence-electron chi connectivity index (χ0n) is 7.32. The summed E-state index contributed by atoms with van der Waals surface area (Å²) in [6, 6.07) is 5.15. The van der Waals surface area contributed by atoms with Crippen LogP contribution in [0.3, 0.4) is 0 Å². The molecule has 3 nitrogen and oxygen atoms in total. The predicted molar refractivity (Wildman–Crippen MR) is 48.1 cm³/mol. The maximum absolute atomic E-state index is 13.1. The number of hydrogen-bond acceptors (Lipinski definition) is 2. The molecule has 0 unspecified atom stereocenters. The SMILES string of the molecule is NCC(F)(F)c1cn2ccccc2n1. The van der Waals surface area contributed by atoms with Crippen molar-refractivity contribution in [2.24, 2.45) is 5.73 Å². The van der Waals surface area contributed by atoms with E-state index < -0.39 is 12.5 Å². The van der Waals surface area contributed by atoms with Crippen molar-refractivity contribution in [1.29, 1.82) is 0 Å². The fourth-order valence-corrected chi connectivity index (χ4v) is 1.22. The van der Waals surface area contributed by atoms with E-state index in [9.17, 15) is 8.78 Å². The van der Waals surface area contributed by atoms with Gasteiger partial charge in [0.15, 0.2) is 0 Å².